The van der Waals surface area contributed by atoms with E-state index in [-0.39, 0.29) is 30.4 Å². The average Bonchev–Trinajstić information content (AvgIpc) is 2.46. The molecule has 1 N–H and O–H groups in total. The Bertz CT molecular complexity index is 573. The van der Waals surface area contributed by atoms with E-state index in [1.165, 1.54) is 20.3 Å². The number of rotatable bonds is 5. The molecular formula is C16H20O6. The van der Waals surface area contributed by atoms with Crippen molar-refractivity contribution in [3.8, 4) is 0 Å². The summed E-state index contributed by atoms with van der Waals surface area (Å²) in [6.07, 6.45) is 3.25. The van der Waals surface area contributed by atoms with Gasteiger partial charge in [-0.2, -0.15) is 0 Å². The molecule has 2 aliphatic rings. The van der Waals surface area contributed by atoms with Crippen molar-refractivity contribution in [2.75, 3.05) is 20.8 Å². The summed E-state index contributed by atoms with van der Waals surface area (Å²) in [4.78, 5) is 36.6. The Balaban J connectivity index is 2.62. The standard InChI is InChI=1S/C16H20O6/c1-9-4-5-10-12(17)7-13(22-3)15(20)16(10,8-21-2)11(9)6-14(18)19/h4,7,10-11H,5-6,8H2,1-3H3,(H,18,19)/t10-,11-,16+/m1/s1. The Kier molecular flexibility index (Phi) is 4.51. The van der Waals surface area contributed by atoms with Gasteiger partial charge in [0.25, 0.3) is 0 Å². The molecule has 0 unspecified atom stereocenters. The van der Waals surface area contributed by atoms with Crippen molar-refractivity contribution in [2.45, 2.75) is 19.8 Å². The van der Waals surface area contributed by atoms with E-state index in [9.17, 15) is 19.5 Å². The normalized spacial score (nSPS) is 31.2. The maximum atomic E-state index is 12.9. The zero-order valence-corrected chi connectivity index (χ0v) is 12.9. The molecule has 2 aliphatic carbocycles. The van der Waals surface area contributed by atoms with E-state index < -0.39 is 23.2 Å². The second-order valence-corrected chi connectivity index (χ2v) is 5.80. The first-order valence-corrected chi connectivity index (χ1v) is 7.10. The Hall–Kier alpha value is -1.95. The van der Waals surface area contributed by atoms with Crippen LogP contribution in [0.1, 0.15) is 19.8 Å². The lowest BCUT2D eigenvalue weighted by molar-refractivity contribution is -0.153. The molecule has 0 saturated heterocycles. The number of methoxy groups -OCH3 is 2. The van der Waals surface area contributed by atoms with Crippen LogP contribution in [0, 0.1) is 17.3 Å². The van der Waals surface area contributed by atoms with Gasteiger partial charge >= 0.3 is 5.97 Å². The molecule has 0 aromatic heterocycles. The second kappa shape index (κ2) is 6.04. The number of fused-ring (bicyclic) bond motifs is 1. The van der Waals surface area contributed by atoms with E-state index in [2.05, 4.69) is 0 Å². The summed E-state index contributed by atoms with van der Waals surface area (Å²) in [6.45, 7) is 1.79. The number of Topliss-reactive ketones (excluding diaryl/α,β-unsaturated/α-hetero) is 1. The van der Waals surface area contributed by atoms with Gasteiger partial charge in [-0.15, -0.1) is 0 Å². The fraction of sp³-hybridized carbons (Fsp3) is 0.562. The van der Waals surface area contributed by atoms with Gasteiger partial charge in [-0.05, 0) is 13.3 Å². The number of carbonyl (C=O) groups excluding carboxylic acids is 2. The summed E-state index contributed by atoms with van der Waals surface area (Å²) < 4.78 is 10.3. The van der Waals surface area contributed by atoms with Crippen LogP contribution in [0.5, 0.6) is 0 Å². The molecule has 0 radical (unpaired) electrons. The molecule has 0 saturated carbocycles. The molecule has 3 atom stereocenters. The van der Waals surface area contributed by atoms with Crippen molar-refractivity contribution in [2.24, 2.45) is 17.3 Å². The molecule has 0 amide bonds. The van der Waals surface area contributed by atoms with Crippen LogP contribution in [0.25, 0.3) is 0 Å². The number of hydrogen-bond acceptors (Lipinski definition) is 5. The van der Waals surface area contributed by atoms with E-state index in [1.54, 1.807) is 6.92 Å². The topological polar surface area (TPSA) is 89.9 Å². The van der Waals surface area contributed by atoms with Gasteiger partial charge in [0.15, 0.2) is 11.5 Å². The predicted molar refractivity (Wildman–Crippen MR) is 77.0 cm³/mol. The molecule has 6 heteroatoms. The van der Waals surface area contributed by atoms with Crippen LogP contribution in [0.2, 0.25) is 0 Å². The molecular weight excluding hydrogens is 288 g/mol. The highest BCUT2D eigenvalue weighted by atomic mass is 16.5. The molecule has 0 heterocycles. The van der Waals surface area contributed by atoms with Gasteiger partial charge in [0.05, 0.1) is 25.6 Å². The predicted octanol–water partition coefficient (Wildman–Crippen LogP) is 1.36. The lowest BCUT2D eigenvalue weighted by atomic mass is 9.54. The number of ether oxygens (including phenoxy) is 2. The van der Waals surface area contributed by atoms with Crippen molar-refractivity contribution in [1.82, 2.24) is 0 Å². The fourth-order valence-corrected chi connectivity index (χ4v) is 3.69. The molecule has 0 fully saturated rings. The lowest BCUT2D eigenvalue weighted by Gasteiger charge is -2.48. The first-order valence-electron chi connectivity index (χ1n) is 7.10. The van der Waals surface area contributed by atoms with Gasteiger partial charge < -0.3 is 14.6 Å². The monoisotopic (exact) mass is 308 g/mol. The zero-order chi connectivity index (χ0) is 16.5. The molecule has 120 valence electrons. The summed E-state index contributed by atoms with van der Waals surface area (Å²) in [7, 11) is 2.77. The SMILES string of the molecule is COC[C@]12C(=O)C(OC)=CC(=O)[C@H]1CC=C(C)[C@H]2CC(=O)O. The van der Waals surface area contributed by atoms with Gasteiger partial charge in [0, 0.05) is 25.0 Å². The lowest BCUT2D eigenvalue weighted by Crippen LogP contribution is -2.56. The van der Waals surface area contributed by atoms with Gasteiger partial charge in [0.1, 0.15) is 0 Å². The van der Waals surface area contributed by atoms with Crippen molar-refractivity contribution in [3.63, 3.8) is 0 Å². The number of aliphatic carboxylic acids is 1. The average molecular weight is 308 g/mol. The largest absolute Gasteiger partial charge is 0.493 e. The van der Waals surface area contributed by atoms with Crippen molar-refractivity contribution in [1.29, 1.82) is 0 Å². The first-order chi connectivity index (χ1) is 10.4. The third-order valence-corrected chi connectivity index (χ3v) is 4.71. The Morgan fingerprint density at radius 3 is 2.64 bits per heavy atom. The minimum absolute atomic E-state index is 0.00787. The third kappa shape index (κ3) is 2.37. The highest BCUT2D eigenvalue weighted by molar-refractivity contribution is 6.12. The second-order valence-electron chi connectivity index (χ2n) is 5.80. The van der Waals surface area contributed by atoms with Crippen molar-refractivity contribution >= 4 is 17.5 Å². The van der Waals surface area contributed by atoms with E-state index in [0.717, 1.165) is 5.57 Å². The molecule has 0 spiro atoms. The summed E-state index contributed by atoms with van der Waals surface area (Å²) in [5.74, 6) is -2.79. The van der Waals surface area contributed by atoms with Crippen molar-refractivity contribution < 1.29 is 29.0 Å². The smallest absolute Gasteiger partial charge is 0.303 e. The molecule has 2 rings (SSSR count). The van der Waals surface area contributed by atoms with Gasteiger partial charge in [-0.1, -0.05) is 11.6 Å². The van der Waals surface area contributed by atoms with Crippen LogP contribution in [0.3, 0.4) is 0 Å². The van der Waals surface area contributed by atoms with Crippen LogP contribution in [-0.2, 0) is 23.9 Å². The fourth-order valence-electron chi connectivity index (χ4n) is 3.69. The molecule has 0 aliphatic heterocycles. The minimum Gasteiger partial charge on any atom is -0.493 e. The van der Waals surface area contributed by atoms with Gasteiger partial charge in [0.2, 0.25) is 5.78 Å². The first kappa shape index (κ1) is 16.4. The summed E-state index contributed by atoms with van der Waals surface area (Å²) in [5, 5.41) is 9.22. The highest BCUT2D eigenvalue weighted by Gasteiger charge is 2.59. The van der Waals surface area contributed by atoms with Gasteiger partial charge in [-0.25, -0.2) is 0 Å². The van der Waals surface area contributed by atoms with E-state index in [0.29, 0.717) is 6.42 Å². The Morgan fingerprint density at radius 1 is 1.41 bits per heavy atom. The molecule has 0 aromatic rings. The highest BCUT2D eigenvalue weighted by Crippen LogP contribution is 2.51. The Labute approximate surface area is 128 Å². The molecule has 6 nitrogen and oxygen atoms in total. The molecule has 22 heavy (non-hydrogen) atoms. The molecule has 0 bridgehead atoms. The van der Waals surface area contributed by atoms with Crippen LogP contribution >= 0.6 is 0 Å². The van der Waals surface area contributed by atoms with Gasteiger partial charge in [-0.3, -0.25) is 14.4 Å². The maximum Gasteiger partial charge on any atom is 0.303 e. The van der Waals surface area contributed by atoms with Crippen LogP contribution in [0.15, 0.2) is 23.5 Å². The summed E-state index contributed by atoms with van der Waals surface area (Å²) in [6, 6.07) is 0. The van der Waals surface area contributed by atoms with Crippen molar-refractivity contribution in [3.05, 3.63) is 23.5 Å². The number of allylic oxidation sites excluding steroid dienone is 4. The summed E-state index contributed by atoms with van der Waals surface area (Å²) in [5.41, 5.74) is -0.405. The maximum absolute atomic E-state index is 12.9. The van der Waals surface area contributed by atoms with Crippen LogP contribution in [-0.4, -0.2) is 43.5 Å². The van der Waals surface area contributed by atoms with E-state index >= 15 is 0 Å². The van der Waals surface area contributed by atoms with E-state index in [4.69, 9.17) is 9.47 Å². The minimum atomic E-state index is -1.21. The van der Waals surface area contributed by atoms with Crippen LogP contribution in [0.4, 0.5) is 0 Å². The molecule has 0 aromatic carbocycles. The third-order valence-electron chi connectivity index (χ3n) is 4.71. The number of ketones is 2. The zero-order valence-electron chi connectivity index (χ0n) is 12.9. The van der Waals surface area contributed by atoms with Crippen LogP contribution < -0.4 is 0 Å². The Morgan fingerprint density at radius 2 is 2.09 bits per heavy atom. The quantitative estimate of drug-likeness (QED) is 0.771. The number of carboxylic acid groups (broad SMARTS) is 1. The number of hydrogen-bond donors (Lipinski definition) is 1. The number of carboxylic acids is 1. The van der Waals surface area contributed by atoms with E-state index in [1.807, 2.05) is 6.08 Å². The number of carbonyl (C=O) groups is 3. The summed E-state index contributed by atoms with van der Waals surface area (Å²) >= 11 is 0.